The number of amides is 1. The van der Waals surface area contributed by atoms with Crippen LogP contribution in [0.15, 0.2) is 12.2 Å². The zero-order chi connectivity index (χ0) is 10.6. The third kappa shape index (κ3) is 3.18. The van der Waals surface area contributed by atoms with Crippen molar-refractivity contribution < 1.29 is 19.4 Å². The monoisotopic (exact) mass is 199 g/mol. The van der Waals surface area contributed by atoms with Gasteiger partial charge in [-0.05, 0) is 13.3 Å². The molecule has 2 unspecified atom stereocenters. The molecular weight excluding hydrogens is 186 g/mol. The van der Waals surface area contributed by atoms with Crippen LogP contribution in [0.3, 0.4) is 0 Å². The molecule has 1 aliphatic rings. The lowest BCUT2D eigenvalue weighted by Crippen LogP contribution is -2.38. The van der Waals surface area contributed by atoms with Gasteiger partial charge in [-0.2, -0.15) is 0 Å². The minimum Gasteiger partial charge on any atom is -0.478 e. The number of carboxylic acids is 1. The Morgan fingerprint density at radius 1 is 1.50 bits per heavy atom. The molecule has 5 heteroatoms. The van der Waals surface area contributed by atoms with Crippen molar-refractivity contribution in [2.75, 3.05) is 6.61 Å². The SMILES string of the molecule is CC1OCCC1NC(=O)/C=C\C(=O)O. The second-order valence-corrected chi connectivity index (χ2v) is 3.15. The summed E-state index contributed by atoms with van der Waals surface area (Å²) in [6.45, 7) is 2.51. The molecule has 1 heterocycles. The number of carboxylic acid groups (broad SMARTS) is 1. The van der Waals surface area contributed by atoms with Gasteiger partial charge < -0.3 is 15.2 Å². The maximum absolute atomic E-state index is 11.1. The minimum absolute atomic E-state index is 0.00261. The molecule has 1 aliphatic heterocycles. The molecule has 1 amide bonds. The Labute approximate surface area is 81.7 Å². The van der Waals surface area contributed by atoms with E-state index in [4.69, 9.17) is 9.84 Å². The predicted octanol–water partition coefficient (Wildman–Crippen LogP) is -0.0792. The van der Waals surface area contributed by atoms with Gasteiger partial charge in [0.1, 0.15) is 0 Å². The van der Waals surface area contributed by atoms with Gasteiger partial charge in [0, 0.05) is 18.8 Å². The van der Waals surface area contributed by atoms with Gasteiger partial charge in [0.15, 0.2) is 0 Å². The van der Waals surface area contributed by atoms with Crippen molar-refractivity contribution >= 4 is 11.9 Å². The number of carbonyl (C=O) groups is 2. The van der Waals surface area contributed by atoms with Crippen molar-refractivity contribution in [3.63, 3.8) is 0 Å². The molecule has 1 fully saturated rings. The van der Waals surface area contributed by atoms with Crippen molar-refractivity contribution in [1.29, 1.82) is 0 Å². The van der Waals surface area contributed by atoms with E-state index in [1.807, 2.05) is 6.92 Å². The Morgan fingerprint density at radius 3 is 2.71 bits per heavy atom. The fourth-order valence-electron chi connectivity index (χ4n) is 1.30. The van der Waals surface area contributed by atoms with Crippen LogP contribution in [0.25, 0.3) is 0 Å². The van der Waals surface area contributed by atoms with Crippen LogP contribution in [0, 0.1) is 0 Å². The van der Waals surface area contributed by atoms with Gasteiger partial charge in [-0.25, -0.2) is 4.79 Å². The largest absolute Gasteiger partial charge is 0.478 e. The maximum atomic E-state index is 11.1. The molecule has 1 rings (SSSR count). The lowest BCUT2D eigenvalue weighted by molar-refractivity contribution is -0.131. The summed E-state index contributed by atoms with van der Waals surface area (Å²) in [5, 5.41) is 11.0. The molecule has 0 aromatic carbocycles. The first-order valence-corrected chi connectivity index (χ1v) is 4.42. The highest BCUT2D eigenvalue weighted by molar-refractivity contribution is 5.94. The van der Waals surface area contributed by atoms with Crippen molar-refractivity contribution in [2.24, 2.45) is 0 Å². The number of rotatable bonds is 3. The zero-order valence-electron chi connectivity index (χ0n) is 7.90. The third-order valence-corrected chi connectivity index (χ3v) is 2.08. The Hall–Kier alpha value is -1.36. The molecule has 0 spiro atoms. The van der Waals surface area contributed by atoms with Crippen LogP contribution in [-0.4, -0.2) is 35.7 Å². The highest BCUT2D eigenvalue weighted by Crippen LogP contribution is 2.12. The van der Waals surface area contributed by atoms with Crippen LogP contribution in [0.2, 0.25) is 0 Å². The topological polar surface area (TPSA) is 75.6 Å². The first-order valence-electron chi connectivity index (χ1n) is 4.42. The number of hydrogen-bond donors (Lipinski definition) is 2. The summed E-state index contributed by atoms with van der Waals surface area (Å²) in [5.74, 6) is -1.52. The number of hydrogen-bond acceptors (Lipinski definition) is 3. The fraction of sp³-hybridized carbons (Fsp3) is 0.556. The first-order chi connectivity index (χ1) is 6.59. The molecule has 2 atom stereocenters. The average Bonchev–Trinajstić information content (AvgIpc) is 2.49. The fourth-order valence-corrected chi connectivity index (χ4v) is 1.30. The van der Waals surface area contributed by atoms with E-state index in [0.29, 0.717) is 6.61 Å². The van der Waals surface area contributed by atoms with E-state index >= 15 is 0 Å². The van der Waals surface area contributed by atoms with Gasteiger partial charge in [-0.3, -0.25) is 4.79 Å². The highest BCUT2D eigenvalue weighted by Gasteiger charge is 2.24. The molecule has 2 N–H and O–H groups in total. The van der Waals surface area contributed by atoms with E-state index in [-0.39, 0.29) is 12.1 Å². The van der Waals surface area contributed by atoms with Crippen molar-refractivity contribution in [3.8, 4) is 0 Å². The van der Waals surface area contributed by atoms with Gasteiger partial charge in [0.25, 0.3) is 0 Å². The van der Waals surface area contributed by atoms with E-state index in [2.05, 4.69) is 5.32 Å². The zero-order valence-corrected chi connectivity index (χ0v) is 7.90. The smallest absolute Gasteiger partial charge is 0.328 e. The van der Waals surface area contributed by atoms with Crippen LogP contribution in [0.1, 0.15) is 13.3 Å². The molecule has 5 nitrogen and oxygen atoms in total. The Morgan fingerprint density at radius 2 is 2.21 bits per heavy atom. The molecule has 78 valence electrons. The number of ether oxygens (including phenoxy) is 1. The normalized spacial score (nSPS) is 26.6. The van der Waals surface area contributed by atoms with E-state index in [9.17, 15) is 9.59 Å². The van der Waals surface area contributed by atoms with E-state index in [1.165, 1.54) is 0 Å². The summed E-state index contributed by atoms with van der Waals surface area (Å²) in [4.78, 5) is 21.2. The Bertz CT molecular complexity index is 262. The number of carbonyl (C=O) groups excluding carboxylic acids is 1. The second-order valence-electron chi connectivity index (χ2n) is 3.15. The van der Waals surface area contributed by atoms with Gasteiger partial charge in [-0.15, -0.1) is 0 Å². The lowest BCUT2D eigenvalue weighted by atomic mass is 10.1. The predicted molar refractivity (Wildman–Crippen MR) is 48.7 cm³/mol. The molecule has 0 aliphatic carbocycles. The molecule has 0 bridgehead atoms. The molecule has 0 aromatic rings. The first kappa shape index (κ1) is 10.7. The summed E-state index contributed by atoms with van der Waals surface area (Å²) in [7, 11) is 0. The molecule has 0 saturated carbocycles. The van der Waals surface area contributed by atoms with E-state index < -0.39 is 11.9 Å². The van der Waals surface area contributed by atoms with Gasteiger partial charge in [0.05, 0.1) is 12.1 Å². The van der Waals surface area contributed by atoms with Crippen LogP contribution < -0.4 is 5.32 Å². The second kappa shape index (κ2) is 4.76. The number of aliphatic carboxylic acids is 1. The maximum Gasteiger partial charge on any atom is 0.328 e. The molecule has 1 saturated heterocycles. The molecule has 0 aromatic heterocycles. The summed E-state index contributed by atoms with van der Waals surface area (Å²) >= 11 is 0. The van der Waals surface area contributed by atoms with Crippen LogP contribution in [-0.2, 0) is 14.3 Å². The summed E-state index contributed by atoms with van der Waals surface area (Å²) in [5.41, 5.74) is 0. The van der Waals surface area contributed by atoms with Gasteiger partial charge in [-0.1, -0.05) is 0 Å². The highest BCUT2D eigenvalue weighted by atomic mass is 16.5. The molecular formula is C9H13NO4. The Kier molecular flexibility index (Phi) is 3.64. The van der Waals surface area contributed by atoms with Gasteiger partial charge >= 0.3 is 5.97 Å². The number of nitrogens with one attached hydrogen (secondary N) is 1. The standard InChI is InChI=1S/C9H13NO4/c1-6-7(4-5-14-6)10-8(11)2-3-9(12)13/h2-3,6-7H,4-5H2,1H3,(H,10,11)(H,12,13)/b3-2-. The molecule has 14 heavy (non-hydrogen) atoms. The van der Waals surface area contributed by atoms with Crippen LogP contribution in [0.4, 0.5) is 0 Å². The van der Waals surface area contributed by atoms with Crippen LogP contribution >= 0.6 is 0 Å². The van der Waals surface area contributed by atoms with Crippen molar-refractivity contribution in [1.82, 2.24) is 5.32 Å². The lowest BCUT2D eigenvalue weighted by Gasteiger charge is -2.14. The van der Waals surface area contributed by atoms with Crippen molar-refractivity contribution in [2.45, 2.75) is 25.5 Å². The van der Waals surface area contributed by atoms with E-state index in [1.54, 1.807) is 0 Å². The minimum atomic E-state index is -1.13. The third-order valence-electron chi connectivity index (χ3n) is 2.08. The summed E-state index contributed by atoms with van der Waals surface area (Å²) < 4.78 is 5.24. The summed E-state index contributed by atoms with van der Waals surface area (Å²) in [6.07, 6.45) is 2.59. The quantitative estimate of drug-likeness (QED) is 0.623. The average molecular weight is 199 g/mol. The van der Waals surface area contributed by atoms with Crippen molar-refractivity contribution in [3.05, 3.63) is 12.2 Å². The molecule has 0 radical (unpaired) electrons. The Balaban J connectivity index is 2.36. The summed E-state index contributed by atoms with van der Waals surface area (Å²) in [6, 6.07) is -0.0130. The van der Waals surface area contributed by atoms with E-state index in [0.717, 1.165) is 18.6 Å². The van der Waals surface area contributed by atoms with Crippen LogP contribution in [0.5, 0.6) is 0 Å². The van der Waals surface area contributed by atoms with Gasteiger partial charge in [0.2, 0.25) is 5.91 Å².